The van der Waals surface area contributed by atoms with Crippen molar-refractivity contribution in [2.24, 2.45) is 0 Å². The van der Waals surface area contributed by atoms with Crippen LogP contribution in [-0.4, -0.2) is 50.1 Å². The van der Waals surface area contributed by atoms with Crippen LogP contribution in [0.3, 0.4) is 0 Å². The molecule has 1 heterocycles. The molecule has 0 spiro atoms. The quantitative estimate of drug-likeness (QED) is 0.685. The summed E-state index contributed by atoms with van der Waals surface area (Å²) in [6, 6.07) is 9.45. The van der Waals surface area contributed by atoms with Crippen LogP contribution in [-0.2, 0) is 6.54 Å². The van der Waals surface area contributed by atoms with Gasteiger partial charge < -0.3 is 20.3 Å². The van der Waals surface area contributed by atoms with E-state index in [2.05, 4.69) is 20.5 Å². The van der Waals surface area contributed by atoms with Gasteiger partial charge >= 0.3 is 0 Å². The van der Waals surface area contributed by atoms with Crippen LogP contribution in [0.15, 0.2) is 42.7 Å². The van der Waals surface area contributed by atoms with E-state index in [1.807, 2.05) is 44.4 Å². The van der Waals surface area contributed by atoms with Crippen molar-refractivity contribution in [3.8, 4) is 5.75 Å². The highest BCUT2D eigenvalue weighted by Gasteiger charge is 2.08. The van der Waals surface area contributed by atoms with Crippen LogP contribution < -0.4 is 15.4 Å². The number of hydrogen-bond acceptors (Lipinski definition) is 5. The lowest BCUT2D eigenvalue weighted by atomic mass is 10.2. The molecule has 1 aromatic heterocycles. The van der Waals surface area contributed by atoms with Crippen molar-refractivity contribution in [3.63, 3.8) is 0 Å². The molecule has 0 aliphatic carbocycles. The predicted molar refractivity (Wildman–Crippen MR) is 100 cm³/mol. The molecule has 0 saturated carbocycles. The first-order valence-corrected chi connectivity index (χ1v) is 8.34. The van der Waals surface area contributed by atoms with E-state index in [1.54, 1.807) is 19.5 Å². The molecule has 25 heavy (non-hydrogen) atoms. The van der Waals surface area contributed by atoms with E-state index in [0.29, 0.717) is 12.1 Å². The number of anilines is 1. The van der Waals surface area contributed by atoms with Crippen LogP contribution in [0, 0.1) is 0 Å². The average molecular weight is 342 g/mol. The summed E-state index contributed by atoms with van der Waals surface area (Å²) in [6.07, 6.45) is 4.33. The molecular formula is C19H26N4O2. The van der Waals surface area contributed by atoms with Gasteiger partial charge in [-0.1, -0.05) is 18.2 Å². The molecule has 1 amide bonds. The molecule has 0 bridgehead atoms. The molecule has 0 radical (unpaired) electrons. The van der Waals surface area contributed by atoms with Crippen LogP contribution in [0.5, 0.6) is 5.75 Å². The van der Waals surface area contributed by atoms with E-state index in [9.17, 15) is 4.79 Å². The highest BCUT2D eigenvalue weighted by atomic mass is 16.5. The van der Waals surface area contributed by atoms with Gasteiger partial charge in [0.05, 0.1) is 18.4 Å². The van der Waals surface area contributed by atoms with Gasteiger partial charge in [-0.3, -0.25) is 9.78 Å². The van der Waals surface area contributed by atoms with Crippen LogP contribution in [0.25, 0.3) is 0 Å². The number of carbonyl (C=O) groups excluding carboxylic acids is 1. The zero-order valence-corrected chi connectivity index (χ0v) is 15.1. The minimum absolute atomic E-state index is 0.157. The van der Waals surface area contributed by atoms with Gasteiger partial charge in [0, 0.05) is 31.0 Å². The number of para-hydroxylation sites is 1. The topological polar surface area (TPSA) is 66.5 Å². The maximum absolute atomic E-state index is 12.4. The summed E-state index contributed by atoms with van der Waals surface area (Å²) < 4.78 is 5.30. The Kier molecular flexibility index (Phi) is 7.22. The Bertz CT molecular complexity index is 689. The number of methoxy groups -OCH3 is 1. The first kappa shape index (κ1) is 18.7. The lowest BCUT2D eigenvalue weighted by molar-refractivity contribution is 0.0950. The second-order valence-electron chi connectivity index (χ2n) is 6.04. The van der Waals surface area contributed by atoms with E-state index in [0.717, 1.165) is 36.5 Å². The van der Waals surface area contributed by atoms with Crippen molar-refractivity contribution in [1.82, 2.24) is 15.2 Å². The van der Waals surface area contributed by atoms with E-state index >= 15 is 0 Å². The Labute approximate surface area is 149 Å². The van der Waals surface area contributed by atoms with Gasteiger partial charge in [-0.2, -0.15) is 0 Å². The van der Waals surface area contributed by atoms with Gasteiger partial charge in [0.2, 0.25) is 0 Å². The lowest BCUT2D eigenvalue weighted by Crippen LogP contribution is -2.23. The number of carbonyl (C=O) groups is 1. The molecule has 6 nitrogen and oxygen atoms in total. The fraction of sp³-hybridized carbons (Fsp3) is 0.368. The number of amides is 1. The van der Waals surface area contributed by atoms with E-state index in [-0.39, 0.29) is 5.91 Å². The summed E-state index contributed by atoms with van der Waals surface area (Å²) in [5, 5.41) is 6.20. The van der Waals surface area contributed by atoms with Gasteiger partial charge in [-0.05, 0) is 39.2 Å². The monoisotopic (exact) mass is 342 g/mol. The highest BCUT2D eigenvalue weighted by molar-refractivity contribution is 5.94. The molecule has 1 aromatic carbocycles. The standard InChI is InChI=1S/C19H26N4O2/c1-23(2)10-6-9-21-17-11-16(12-20-14-17)19(24)22-13-15-7-4-5-8-18(15)25-3/h4-5,7-8,11-12,14,21H,6,9-10,13H2,1-3H3,(H,22,24). The van der Waals surface area contributed by atoms with E-state index in [1.165, 1.54) is 0 Å². The average Bonchev–Trinajstić information content (AvgIpc) is 2.63. The number of nitrogens with one attached hydrogen (secondary N) is 2. The predicted octanol–water partition coefficient (Wildman–Crippen LogP) is 2.38. The zero-order chi connectivity index (χ0) is 18.1. The third-order valence-corrected chi connectivity index (χ3v) is 3.74. The first-order chi connectivity index (χ1) is 12.1. The minimum Gasteiger partial charge on any atom is -0.496 e. The summed E-state index contributed by atoms with van der Waals surface area (Å²) in [5.74, 6) is 0.604. The summed E-state index contributed by atoms with van der Waals surface area (Å²) >= 11 is 0. The van der Waals surface area contributed by atoms with Crippen molar-refractivity contribution in [2.75, 3.05) is 39.6 Å². The second kappa shape index (κ2) is 9.64. The Balaban J connectivity index is 1.90. The highest BCUT2D eigenvalue weighted by Crippen LogP contribution is 2.17. The number of ether oxygens (including phenoxy) is 1. The molecule has 0 fully saturated rings. The van der Waals surface area contributed by atoms with Crippen LogP contribution >= 0.6 is 0 Å². The number of pyridine rings is 1. The number of aromatic nitrogens is 1. The van der Waals surface area contributed by atoms with Gasteiger partial charge in [-0.15, -0.1) is 0 Å². The normalized spacial score (nSPS) is 10.6. The molecule has 0 aliphatic rings. The van der Waals surface area contributed by atoms with Crippen molar-refractivity contribution in [2.45, 2.75) is 13.0 Å². The maximum Gasteiger partial charge on any atom is 0.253 e. The Morgan fingerprint density at radius 3 is 2.80 bits per heavy atom. The largest absolute Gasteiger partial charge is 0.496 e. The third-order valence-electron chi connectivity index (χ3n) is 3.74. The van der Waals surface area contributed by atoms with Crippen LogP contribution in [0.2, 0.25) is 0 Å². The summed E-state index contributed by atoms with van der Waals surface area (Å²) in [4.78, 5) is 18.7. The summed E-state index contributed by atoms with van der Waals surface area (Å²) in [7, 11) is 5.72. The Morgan fingerprint density at radius 1 is 1.24 bits per heavy atom. The van der Waals surface area contributed by atoms with Crippen molar-refractivity contribution < 1.29 is 9.53 Å². The van der Waals surface area contributed by atoms with E-state index < -0.39 is 0 Å². The SMILES string of the molecule is COc1ccccc1CNC(=O)c1cncc(NCCCN(C)C)c1. The number of hydrogen-bond donors (Lipinski definition) is 2. The minimum atomic E-state index is -0.157. The molecule has 2 N–H and O–H groups in total. The Morgan fingerprint density at radius 2 is 2.04 bits per heavy atom. The van der Waals surface area contributed by atoms with Crippen molar-refractivity contribution in [1.29, 1.82) is 0 Å². The fourth-order valence-electron chi connectivity index (χ4n) is 2.42. The fourth-order valence-corrected chi connectivity index (χ4v) is 2.42. The number of benzene rings is 1. The molecule has 0 atom stereocenters. The molecule has 2 aromatic rings. The van der Waals surface area contributed by atoms with Crippen LogP contribution in [0.4, 0.5) is 5.69 Å². The molecule has 0 unspecified atom stereocenters. The van der Waals surface area contributed by atoms with Crippen LogP contribution in [0.1, 0.15) is 22.3 Å². The lowest BCUT2D eigenvalue weighted by Gasteiger charge is -2.12. The molecule has 134 valence electrons. The summed E-state index contributed by atoms with van der Waals surface area (Å²) in [6.45, 7) is 2.26. The third kappa shape index (κ3) is 6.08. The summed E-state index contributed by atoms with van der Waals surface area (Å²) in [5.41, 5.74) is 2.32. The molecule has 0 aliphatic heterocycles. The molecule has 6 heteroatoms. The maximum atomic E-state index is 12.4. The Hall–Kier alpha value is -2.60. The number of rotatable bonds is 9. The second-order valence-corrected chi connectivity index (χ2v) is 6.04. The number of nitrogens with zero attached hydrogens (tertiary/aromatic N) is 2. The smallest absolute Gasteiger partial charge is 0.253 e. The molecule has 0 saturated heterocycles. The van der Waals surface area contributed by atoms with Gasteiger partial charge in [-0.25, -0.2) is 0 Å². The molecular weight excluding hydrogens is 316 g/mol. The molecule has 2 rings (SSSR count). The van der Waals surface area contributed by atoms with Gasteiger partial charge in [0.1, 0.15) is 5.75 Å². The van der Waals surface area contributed by atoms with Crippen molar-refractivity contribution in [3.05, 3.63) is 53.9 Å². The van der Waals surface area contributed by atoms with Gasteiger partial charge in [0.15, 0.2) is 0 Å². The van der Waals surface area contributed by atoms with E-state index in [4.69, 9.17) is 4.74 Å². The van der Waals surface area contributed by atoms with Crippen molar-refractivity contribution >= 4 is 11.6 Å². The zero-order valence-electron chi connectivity index (χ0n) is 15.1. The first-order valence-electron chi connectivity index (χ1n) is 8.34. The van der Waals surface area contributed by atoms with Gasteiger partial charge in [0.25, 0.3) is 5.91 Å².